The van der Waals surface area contributed by atoms with Gasteiger partial charge in [0.05, 0.1) is 15.5 Å². The van der Waals surface area contributed by atoms with Crippen LogP contribution in [0.3, 0.4) is 0 Å². The fraction of sp³-hybridized carbons (Fsp3) is 0.0400. The van der Waals surface area contributed by atoms with Crippen molar-refractivity contribution < 1.29 is 18.0 Å². The highest BCUT2D eigenvalue weighted by atomic mass is 35.5. The molecule has 8 nitrogen and oxygen atoms in total. The molecular weight excluding hydrogens is 488 g/mol. The maximum absolute atomic E-state index is 13.0. The highest BCUT2D eigenvalue weighted by Gasteiger charge is 2.18. The van der Waals surface area contributed by atoms with Gasteiger partial charge in [-0.2, -0.15) is 0 Å². The summed E-state index contributed by atoms with van der Waals surface area (Å²) in [5, 5.41) is 8.43. The van der Waals surface area contributed by atoms with Crippen molar-refractivity contribution in [3.8, 4) is 11.1 Å². The Morgan fingerprint density at radius 3 is 2.37 bits per heavy atom. The smallest absolute Gasteiger partial charge is 0.258 e. The van der Waals surface area contributed by atoms with Crippen LogP contribution in [0.2, 0.25) is 5.02 Å². The van der Waals surface area contributed by atoms with Crippen LogP contribution >= 0.6 is 11.6 Å². The number of aromatic nitrogens is 2. The van der Waals surface area contributed by atoms with Crippen molar-refractivity contribution in [2.24, 2.45) is 5.14 Å². The molecule has 0 aliphatic heterocycles. The van der Waals surface area contributed by atoms with Crippen LogP contribution in [0.25, 0.3) is 11.1 Å². The van der Waals surface area contributed by atoms with Gasteiger partial charge in [-0.3, -0.25) is 14.6 Å². The zero-order valence-corrected chi connectivity index (χ0v) is 19.8. The number of hydrogen-bond donors (Lipinski definition) is 2. The minimum absolute atomic E-state index is 0.00157. The molecule has 0 bridgehead atoms. The molecule has 0 spiro atoms. The Balaban J connectivity index is 1.53. The van der Waals surface area contributed by atoms with Crippen molar-refractivity contribution in [1.82, 2.24) is 9.97 Å². The Morgan fingerprint density at radius 1 is 0.943 bits per heavy atom. The molecule has 4 aromatic rings. The lowest BCUT2D eigenvalue weighted by Crippen LogP contribution is -2.17. The van der Waals surface area contributed by atoms with Crippen LogP contribution in [0.5, 0.6) is 0 Å². The van der Waals surface area contributed by atoms with E-state index in [0.717, 1.165) is 0 Å². The molecule has 2 aromatic heterocycles. The number of carbonyl (C=O) groups is 2. The lowest BCUT2D eigenvalue weighted by molar-refractivity contribution is 0.0992. The van der Waals surface area contributed by atoms with E-state index in [2.05, 4.69) is 15.3 Å². The molecular formula is C25H19ClN4O4S. The molecule has 10 heteroatoms. The van der Waals surface area contributed by atoms with E-state index in [9.17, 15) is 18.0 Å². The van der Waals surface area contributed by atoms with Crippen LogP contribution in [0, 0.1) is 0 Å². The van der Waals surface area contributed by atoms with Gasteiger partial charge in [-0.1, -0.05) is 54.1 Å². The summed E-state index contributed by atoms with van der Waals surface area (Å²) in [7, 11) is -3.91. The number of amides is 1. The maximum Gasteiger partial charge on any atom is 0.258 e. The van der Waals surface area contributed by atoms with Gasteiger partial charge in [-0.05, 0) is 35.4 Å². The van der Waals surface area contributed by atoms with Gasteiger partial charge in [-0.15, -0.1) is 0 Å². The first-order chi connectivity index (χ1) is 16.7. The first-order valence-corrected chi connectivity index (χ1v) is 12.3. The Labute approximate surface area is 206 Å². The lowest BCUT2D eigenvalue weighted by Gasteiger charge is -2.10. The number of benzene rings is 2. The van der Waals surface area contributed by atoms with Gasteiger partial charge in [-0.25, -0.2) is 18.5 Å². The third-order valence-electron chi connectivity index (χ3n) is 5.19. The minimum Gasteiger partial charge on any atom is -0.307 e. The second kappa shape index (κ2) is 10.1. The molecule has 0 fully saturated rings. The summed E-state index contributed by atoms with van der Waals surface area (Å²) in [6.07, 6.45) is 4.27. The van der Waals surface area contributed by atoms with Gasteiger partial charge in [0.1, 0.15) is 5.82 Å². The second-order valence-corrected chi connectivity index (χ2v) is 9.53. The number of anilines is 1. The maximum atomic E-state index is 13.0. The van der Waals surface area contributed by atoms with Crippen LogP contribution in [0.1, 0.15) is 26.3 Å². The molecule has 0 radical (unpaired) electrons. The summed E-state index contributed by atoms with van der Waals surface area (Å²) in [4.78, 5) is 33.8. The largest absolute Gasteiger partial charge is 0.307 e. The normalized spacial score (nSPS) is 11.1. The van der Waals surface area contributed by atoms with Crippen LogP contribution in [0.15, 0.2) is 90.2 Å². The van der Waals surface area contributed by atoms with E-state index >= 15 is 0 Å². The molecule has 0 saturated heterocycles. The number of carbonyl (C=O) groups excluding carboxylic acids is 2. The van der Waals surface area contributed by atoms with Crippen LogP contribution in [-0.4, -0.2) is 30.1 Å². The Hall–Kier alpha value is -3.92. The van der Waals surface area contributed by atoms with Crippen molar-refractivity contribution in [3.63, 3.8) is 0 Å². The van der Waals surface area contributed by atoms with Crippen molar-refractivity contribution in [2.75, 3.05) is 5.32 Å². The van der Waals surface area contributed by atoms with E-state index in [0.29, 0.717) is 33.1 Å². The number of hydrogen-bond acceptors (Lipinski definition) is 6. The summed E-state index contributed by atoms with van der Waals surface area (Å²) in [6, 6.07) is 17.7. The fourth-order valence-electron chi connectivity index (χ4n) is 3.48. The number of halogens is 1. The predicted molar refractivity (Wildman–Crippen MR) is 133 cm³/mol. The molecule has 176 valence electrons. The molecule has 35 heavy (non-hydrogen) atoms. The van der Waals surface area contributed by atoms with Crippen molar-refractivity contribution >= 4 is 39.1 Å². The first kappa shape index (κ1) is 24.2. The number of nitrogens with two attached hydrogens (primary N) is 1. The fourth-order valence-corrected chi connectivity index (χ4v) is 4.35. The number of nitrogens with one attached hydrogen (secondary N) is 1. The number of nitrogens with zero attached hydrogens (tertiary/aromatic N) is 2. The van der Waals surface area contributed by atoms with Crippen molar-refractivity contribution in [1.29, 1.82) is 0 Å². The second-order valence-electron chi connectivity index (χ2n) is 7.57. The Kier molecular flexibility index (Phi) is 7.02. The average Bonchev–Trinajstić information content (AvgIpc) is 2.85. The highest BCUT2D eigenvalue weighted by molar-refractivity contribution is 7.89. The van der Waals surface area contributed by atoms with Gasteiger partial charge in [0.25, 0.3) is 5.91 Å². The summed E-state index contributed by atoms with van der Waals surface area (Å²) in [6.45, 7) is 0. The molecule has 0 atom stereocenters. The van der Waals surface area contributed by atoms with Crippen LogP contribution in [-0.2, 0) is 16.4 Å². The summed E-state index contributed by atoms with van der Waals surface area (Å²) < 4.78 is 23.8. The number of primary sulfonamides is 1. The van der Waals surface area contributed by atoms with E-state index in [-0.39, 0.29) is 22.7 Å². The van der Waals surface area contributed by atoms with Gasteiger partial charge in [0.2, 0.25) is 10.0 Å². The number of pyridine rings is 2. The van der Waals surface area contributed by atoms with Crippen molar-refractivity contribution in [2.45, 2.75) is 11.3 Å². The quantitative estimate of drug-likeness (QED) is 0.362. The van der Waals surface area contributed by atoms with Crippen LogP contribution in [0.4, 0.5) is 5.82 Å². The topological polar surface area (TPSA) is 132 Å². The molecule has 0 aliphatic rings. The molecule has 4 rings (SSSR count). The van der Waals surface area contributed by atoms with Gasteiger partial charge >= 0.3 is 0 Å². The Morgan fingerprint density at radius 2 is 1.69 bits per heavy atom. The minimum atomic E-state index is -3.91. The van der Waals surface area contributed by atoms with E-state index < -0.39 is 15.9 Å². The summed E-state index contributed by atoms with van der Waals surface area (Å²) in [5.41, 5.74) is 2.20. The molecule has 0 saturated carbocycles. The average molecular weight is 507 g/mol. The van der Waals surface area contributed by atoms with E-state index in [4.69, 9.17) is 16.7 Å². The zero-order valence-electron chi connectivity index (χ0n) is 18.2. The van der Waals surface area contributed by atoms with Gasteiger partial charge in [0, 0.05) is 36.1 Å². The van der Waals surface area contributed by atoms with E-state index in [1.807, 2.05) is 0 Å². The summed E-state index contributed by atoms with van der Waals surface area (Å²) in [5.74, 6) is -0.359. The predicted octanol–water partition coefficient (Wildman–Crippen LogP) is 4.12. The summed E-state index contributed by atoms with van der Waals surface area (Å²) >= 11 is 5.82. The standard InChI is InChI=1S/C25H19ClN4O4S/c26-19-9-10-24(29-14-19)30-25(32)21-15-28-12-11-18(21)13-22(31)17-7-5-16(6-8-17)20-3-1-2-4-23(20)35(27,33)34/h1-12,14-15H,13H2,(H2,27,33,34)(H,29,30,32). The van der Waals surface area contributed by atoms with E-state index in [1.165, 1.54) is 24.7 Å². The molecule has 0 unspecified atom stereocenters. The zero-order chi connectivity index (χ0) is 25.0. The van der Waals surface area contributed by atoms with Crippen molar-refractivity contribution in [3.05, 3.63) is 107 Å². The number of ketones is 1. The molecule has 0 aliphatic carbocycles. The molecule has 1 amide bonds. The third-order valence-corrected chi connectivity index (χ3v) is 6.38. The van der Waals surface area contributed by atoms with Crippen LogP contribution < -0.4 is 10.5 Å². The highest BCUT2D eigenvalue weighted by Crippen LogP contribution is 2.27. The number of sulfonamides is 1. The first-order valence-electron chi connectivity index (χ1n) is 10.3. The number of Topliss-reactive ketones (excluding diaryl/α,β-unsaturated/α-hetero) is 1. The Bertz CT molecular complexity index is 1510. The SMILES string of the molecule is NS(=O)(=O)c1ccccc1-c1ccc(C(=O)Cc2ccncc2C(=O)Nc2ccc(Cl)cn2)cc1. The molecule has 3 N–H and O–H groups in total. The number of rotatable bonds is 7. The third kappa shape index (κ3) is 5.78. The van der Waals surface area contributed by atoms with Gasteiger partial charge < -0.3 is 5.32 Å². The lowest BCUT2D eigenvalue weighted by atomic mass is 9.97. The monoisotopic (exact) mass is 506 g/mol. The molecule has 2 aromatic carbocycles. The molecule has 2 heterocycles. The van der Waals surface area contributed by atoms with E-state index in [1.54, 1.807) is 60.7 Å². The van der Waals surface area contributed by atoms with Gasteiger partial charge in [0.15, 0.2) is 5.78 Å².